The smallest absolute Gasteiger partial charge is 0.279 e. The highest BCUT2D eigenvalue weighted by atomic mass is 16.5. The fraction of sp³-hybridized carbons (Fsp3) is 0.650. The molecule has 1 aromatic rings. The molecule has 2 aliphatic rings. The summed E-state index contributed by atoms with van der Waals surface area (Å²) in [4.78, 5) is 17.8. The molecule has 144 valence electrons. The van der Waals surface area contributed by atoms with E-state index < -0.39 is 0 Å². The van der Waals surface area contributed by atoms with E-state index in [9.17, 15) is 4.79 Å². The average molecular weight is 363 g/mol. The van der Waals surface area contributed by atoms with Gasteiger partial charge in [-0.2, -0.15) is 0 Å². The highest BCUT2D eigenvalue weighted by Crippen LogP contribution is 2.17. The van der Waals surface area contributed by atoms with Crippen LogP contribution >= 0.6 is 0 Å². The van der Waals surface area contributed by atoms with Crippen molar-refractivity contribution in [3.63, 3.8) is 0 Å². The number of ether oxygens (including phenoxy) is 1. The number of benzene rings is 1. The second kappa shape index (κ2) is 8.84. The molecule has 1 unspecified atom stereocenters. The van der Waals surface area contributed by atoms with Crippen LogP contribution in [0.25, 0.3) is 0 Å². The van der Waals surface area contributed by atoms with Crippen molar-refractivity contribution in [1.82, 2.24) is 0 Å². The summed E-state index contributed by atoms with van der Waals surface area (Å²) < 4.78 is 5.74. The van der Waals surface area contributed by atoms with Gasteiger partial charge in [-0.15, -0.1) is 0 Å². The molecule has 1 amide bonds. The number of hydrogen-bond donors (Lipinski definition) is 3. The number of morpholine rings is 1. The van der Waals surface area contributed by atoms with Crippen LogP contribution in [0.5, 0.6) is 0 Å². The lowest BCUT2D eigenvalue weighted by molar-refractivity contribution is -0.907. The lowest BCUT2D eigenvalue weighted by atomic mass is 10.2. The van der Waals surface area contributed by atoms with Gasteiger partial charge in [0, 0.05) is 11.4 Å². The van der Waals surface area contributed by atoms with Crippen molar-refractivity contribution in [2.24, 2.45) is 0 Å². The van der Waals surface area contributed by atoms with Crippen molar-refractivity contribution in [2.45, 2.75) is 33.0 Å². The van der Waals surface area contributed by atoms with Crippen LogP contribution in [-0.4, -0.2) is 70.5 Å². The summed E-state index contributed by atoms with van der Waals surface area (Å²) in [5.41, 5.74) is 2.13. The normalized spacial score (nSPS) is 27.3. The fourth-order valence-corrected chi connectivity index (χ4v) is 4.16. The van der Waals surface area contributed by atoms with Crippen LogP contribution < -0.4 is 20.0 Å². The van der Waals surface area contributed by atoms with E-state index in [2.05, 4.69) is 43.1 Å². The molecule has 0 aromatic heterocycles. The molecule has 0 spiro atoms. The Morgan fingerprint density at radius 2 is 1.73 bits per heavy atom. The van der Waals surface area contributed by atoms with Gasteiger partial charge in [0.25, 0.3) is 5.91 Å². The first kappa shape index (κ1) is 19.1. The lowest BCUT2D eigenvalue weighted by Gasteiger charge is -2.33. The van der Waals surface area contributed by atoms with Crippen molar-refractivity contribution in [3.8, 4) is 0 Å². The highest BCUT2D eigenvalue weighted by Gasteiger charge is 2.27. The number of anilines is 2. The van der Waals surface area contributed by atoms with Crippen molar-refractivity contribution in [3.05, 3.63) is 24.3 Å². The molecule has 6 nitrogen and oxygen atoms in total. The highest BCUT2D eigenvalue weighted by molar-refractivity contribution is 5.91. The van der Waals surface area contributed by atoms with Crippen LogP contribution in [0.3, 0.4) is 0 Å². The predicted octanol–water partition coefficient (Wildman–Crippen LogP) is -0.958. The van der Waals surface area contributed by atoms with E-state index in [4.69, 9.17) is 4.74 Å². The fourth-order valence-electron chi connectivity index (χ4n) is 4.16. The van der Waals surface area contributed by atoms with E-state index >= 15 is 0 Å². The number of carbonyl (C=O) groups is 1. The zero-order valence-electron chi connectivity index (χ0n) is 16.4. The Labute approximate surface area is 157 Å². The second-order valence-electron chi connectivity index (χ2n) is 7.78. The molecule has 2 saturated heterocycles. The van der Waals surface area contributed by atoms with Crippen LogP contribution in [0, 0.1) is 0 Å². The van der Waals surface area contributed by atoms with E-state index in [-0.39, 0.29) is 18.1 Å². The minimum atomic E-state index is 0.0780. The van der Waals surface area contributed by atoms with Gasteiger partial charge in [-0.25, -0.2) is 0 Å². The average Bonchev–Trinajstić information content (AvgIpc) is 2.61. The van der Waals surface area contributed by atoms with Gasteiger partial charge in [-0.3, -0.25) is 4.79 Å². The molecule has 1 aromatic carbocycles. The van der Waals surface area contributed by atoms with E-state index in [0.717, 1.165) is 31.9 Å². The van der Waals surface area contributed by atoms with Gasteiger partial charge < -0.3 is 24.8 Å². The first-order chi connectivity index (χ1) is 12.5. The summed E-state index contributed by atoms with van der Waals surface area (Å²) in [5.74, 6) is 0.0780. The van der Waals surface area contributed by atoms with Crippen molar-refractivity contribution < 1.29 is 19.3 Å². The van der Waals surface area contributed by atoms with E-state index in [1.807, 2.05) is 12.1 Å². The van der Waals surface area contributed by atoms with Gasteiger partial charge in [0.2, 0.25) is 0 Å². The SMILES string of the molecule is CC[NH+]1CCN(c2ccc(NC(=O)C[NH+]3C[C@@H](C)O[C@@H](C)C3)cc2)CC1. The van der Waals surface area contributed by atoms with Crippen LogP contribution in [0.1, 0.15) is 20.8 Å². The summed E-state index contributed by atoms with van der Waals surface area (Å²) in [6.45, 7) is 14.5. The van der Waals surface area contributed by atoms with Gasteiger partial charge in [0.1, 0.15) is 25.3 Å². The van der Waals surface area contributed by atoms with E-state index in [0.29, 0.717) is 6.54 Å². The molecule has 0 bridgehead atoms. The maximum absolute atomic E-state index is 12.4. The quantitative estimate of drug-likeness (QED) is 0.633. The Morgan fingerprint density at radius 3 is 2.31 bits per heavy atom. The van der Waals surface area contributed by atoms with Crippen molar-refractivity contribution in [1.29, 1.82) is 0 Å². The Balaban J connectivity index is 1.48. The predicted molar refractivity (Wildman–Crippen MR) is 104 cm³/mol. The number of rotatable bonds is 5. The first-order valence-corrected chi connectivity index (χ1v) is 10.0. The molecule has 6 heteroatoms. The number of nitrogens with one attached hydrogen (secondary N) is 3. The summed E-state index contributed by atoms with van der Waals surface area (Å²) in [6, 6.07) is 8.29. The van der Waals surface area contributed by atoms with Gasteiger partial charge in [-0.05, 0) is 45.0 Å². The second-order valence-corrected chi connectivity index (χ2v) is 7.78. The molecule has 2 heterocycles. The molecule has 2 aliphatic heterocycles. The molecule has 3 atom stereocenters. The molecule has 0 radical (unpaired) electrons. The molecule has 2 fully saturated rings. The Hall–Kier alpha value is -1.63. The van der Waals surface area contributed by atoms with Gasteiger partial charge >= 0.3 is 0 Å². The number of amides is 1. The van der Waals surface area contributed by atoms with Gasteiger partial charge in [-0.1, -0.05) is 0 Å². The summed E-state index contributed by atoms with van der Waals surface area (Å²) in [6.07, 6.45) is 0.437. The Kier molecular flexibility index (Phi) is 6.51. The molecule has 3 N–H and O–H groups in total. The molecular weight excluding hydrogens is 328 g/mol. The number of nitrogens with zero attached hydrogens (tertiary/aromatic N) is 1. The molecule has 0 saturated carbocycles. The number of piperazine rings is 1. The summed E-state index contributed by atoms with van der Waals surface area (Å²) >= 11 is 0. The Morgan fingerprint density at radius 1 is 1.12 bits per heavy atom. The summed E-state index contributed by atoms with van der Waals surface area (Å²) in [7, 11) is 0. The van der Waals surface area contributed by atoms with Crippen LogP contribution in [0.15, 0.2) is 24.3 Å². The molecular formula is C20H34N4O2+2. The summed E-state index contributed by atoms with van der Waals surface area (Å²) in [5, 5.41) is 3.04. The third-order valence-corrected chi connectivity index (χ3v) is 5.51. The lowest BCUT2D eigenvalue weighted by Crippen LogP contribution is -3.16. The number of carbonyl (C=O) groups excluding carboxylic acids is 1. The monoisotopic (exact) mass is 362 g/mol. The van der Waals surface area contributed by atoms with Crippen LogP contribution in [0.2, 0.25) is 0 Å². The third kappa shape index (κ3) is 5.19. The van der Waals surface area contributed by atoms with Gasteiger partial charge in [0.15, 0.2) is 6.54 Å². The van der Waals surface area contributed by atoms with E-state index in [1.165, 1.54) is 30.2 Å². The minimum Gasteiger partial charge on any atom is -0.364 e. The zero-order chi connectivity index (χ0) is 18.5. The molecule has 0 aliphatic carbocycles. The van der Waals surface area contributed by atoms with Gasteiger partial charge in [0.05, 0.1) is 32.7 Å². The zero-order valence-corrected chi connectivity index (χ0v) is 16.4. The van der Waals surface area contributed by atoms with Crippen LogP contribution in [-0.2, 0) is 9.53 Å². The van der Waals surface area contributed by atoms with E-state index in [1.54, 1.807) is 4.90 Å². The third-order valence-electron chi connectivity index (χ3n) is 5.51. The number of hydrogen-bond acceptors (Lipinski definition) is 3. The van der Waals surface area contributed by atoms with Crippen molar-refractivity contribution in [2.75, 3.05) is 62.6 Å². The maximum atomic E-state index is 12.4. The number of likely N-dealkylation sites (N-methyl/N-ethyl adjacent to an activating group) is 1. The van der Waals surface area contributed by atoms with Crippen LogP contribution in [0.4, 0.5) is 11.4 Å². The molecule has 3 rings (SSSR count). The topological polar surface area (TPSA) is 50.5 Å². The minimum absolute atomic E-state index is 0.0780. The Bertz CT molecular complexity index is 574. The van der Waals surface area contributed by atoms with Crippen molar-refractivity contribution >= 4 is 17.3 Å². The largest absolute Gasteiger partial charge is 0.364 e. The number of quaternary nitrogens is 2. The first-order valence-electron chi connectivity index (χ1n) is 10.0. The maximum Gasteiger partial charge on any atom is 0.279 e. The standard InChI is InChI=1S/C20H32N4O2/c1-4-22-9-11-24(12-10-22)19-7-5-18(6-8-19)21-20(25)15-23-13-16(2)26-17(3)14-23/h5-8,16-17H,4,9-15H2,1-3H3,(H,21,25)/p+2/t16-,17+. The molecule has 26 heavy (non-hydrogen) atoms.